The summed E-state index contributed by atoms with van der Waals surface area (Å²) in [6, 6.07) is 0. The number of amides is 2. The number of carbonyl (C=O) groups is 2. The van der Waals surface area contributed by atoms with Gasteiger partial charge in [-0.15, -0.1) is 0 Å². The molecule has 0 aromatic rings. The van der Waals surface area contributed by atoms with Crippen molar-refractivity contribution in [3.05, 3.63) is 0 Å². The van der Waals surface area contributed by atoms with E-state index < -0.39 is 0 Å². The van der Waals surface area contributed by atoms with Gasteiger partial charge in [-0.05, 0) is 18.8 Å². The van der Waals surface area contributed by atoms with E-state index in [1.54, 1.807) is 0 Å². The first kappa shape index (κ1) is 7.73. The van der Waals surface area contributed by atoms with E-state index in [0.29, 0.717) is 5.92 Å². The van der Waals surface area contributed by atoms with Gasteiger partial charge in [0.1, 0.15) is 0 Å². The number of hydrazine groups is 1. The molecule has 1 aliphatic heterocycles. The lowest BCUT2D eigenvalue weighted by molar-refractivity contribution is -0.140. The highest BCUT2D eigenvalue weighted by Crippen LogP contribution is 2.41. The molecule has 0 radical (unpaired) electrons. The highest BCUT2D eigenvalue weighted by Gasteiger charge is 2.50. The van der Waals surface area contributed by atoms with Crippen LogP contribution < -0.4 is 5.84 Å². The second-order valence-corrected chi connectivity index (χ2v) is 3.84. The molecule has 2 fully saturated rings. The van der Waals surface area contributed by atoms with E-state index in [2.05, 4.69) is 6.92 Å². The summed E-state index contributed by atoms with van der Waals surface area (Å²) in [5, 5.41) is 0.793. The molecule has 0 spiro atoms. The van der Waals surface area contributed by atoms with Gasteiger partial charge in [0.25, 0.3) is 0 Å². The lowest BCUT2D eigenvalue weighted by Gasteiger charge is -2.08. The van der Waals surface area contributed by atoms with Crippen LogP contribution in [0.25, 0.3) is 0 Å². The van der Waals surface area contributed by atoms with Crippen LogP contribution in [0.3, 0.4) is 0 Å². The van der Waals surface area contributed by atoms with Crippen molar-refractivity contribution >= 4 is 11.8 Å². The molecular weight excluding hydrogens is 156 g/mol. The molecule has 1 heterocycles. The zero-order valence-electron chi connectivity index (χ0n) is 6.99. The summed E-state index contributed by atoms with van der Waals surface area (Å²) in [4.78, 5) is 22.6. The van der Waals surface area contributed by atoms with Crippen LogP contribution in [0.5, 0.6) is 0 Å². The zero-order chi connectivity index (χ0) is 8.88. The van der Waals surface area contributed by atoms with Crippen molar-refractivity contribution in [3.8, 4) is 0 Å². The van der Waals surface area contributed by atoms with Crippen molar-refractivity contribution in [1.29, 1.82) is 0 Å². The van der Waals surface area contributed by atoms with Gasteiger partial charge in [0.2, 0.25) is 11.8 Å². The van der Waals surface area contributed by atoms with Crippen molar-refractivity contribution in [2.45, 2.75) is 19.8 Å². The first-order chi connectivity index (χ1) is 5.61. The maximum absolute atomic E-state index is 11.3. The van der Waals surface area contributed by atoms with E-state index in [0.717, 1.165) is 17.9 Å². The third-order valence-electron chi connectivity index (χ3n) is 2.91. The van der Waals surface area contributed by atoms with Gasteiger partial charge in [-0.3, -0.25) is 9.59 Å². The van der Waals surface area contributed by atoms with Crippen molar-refractivity contribution in [2.24, 2.45) is 23.6 Å². The number of hydrogen-bond acceptors (Lipinski definition) is 3. The van der Waals surface area contributed by atoms with Gasteiger partial charge >= 0.3 is 0 Å². The van der Waals surface area contributed by atoms with Crippen LogP contribution in [0.2, 0.25) is 0 Å². The van der Waals surface area contributed by atoms with Gasteiger partial charge in [-0.2, -0.15) is 0 Å². The minimum Gasteiger partial charge on any atom is -0.273 e. The Morgan fingerprint density at radius 3 is 2.08 bits per heavy atom. The smallest absolute Gasteiger partial charge is 0.247 e. The van der Waals surface area contributed by atoms with E-state index in [-0.39, 0.29) is 23.7 Å². The summed E-state index contributed by atoms with van der Waals surface area (Å²) >= 11 is 0. The molecule has 2 N–H and O–H groups in total. The van der Waals surface area contributed by atoms with Crippen LogP contribution in [-0.2, 0) is 9.59 Å². The Balaban J connectivity index is 2.27. The fourth-order valence-electron chi connectivity index (χ4n) is 2.30. The zero-order valence-corrected chi connectivity index (χ0v) is 6.99. The number of fused-ring (bicyclic) bond motifs is 1. The first-order valence-electron chi connectivity index (χ1n) is 4.23. The summed E-state index contributed by atoms with van der Waals surface area (Å²) in [7, 11) is 0. The number of nitrogens with zero attached hydrogens (tertiary/aromatic N) is 1. The molecule has 2 rings (SSSR count). The maximum atomic E-state index is 11.3. The SMILES string of the molecule is CC1CC2C(=O)N(N)C(=O)C2C1. The topological polar surface area (TPSA) is 63.4 Å². The number of rotatable bonds is 0. The molecular formula is C8H12N2O2. The Morgan fingerprint density at radius 2 is 1.67 bits per heavy atom. The van der Waals surface area contributed by atoms with E-state index in [4.69, 9.17) is 5.84 Å². The fraction of sp³-hybridized carbons (Fsp3) is 0.750. The Hall–Kier alpha value is -0.900. The molecule has 4 heteroatoms. The van der Waals surface area contributed by atoms with E-state index >= 15 is 0 Å². The van der Waals surface area contributed by atoms with Gasteiger partial charge in [0.05, 0.1) is 11.8 Å². The van der Waals surface area contributed by atoms with Crippen LogP contribution in [-0.4, -0.2) is 16.8 Å². The van der Waals surface area contributed by atoms with Crippen molar-refractivity contribution in [3.63, 3.8) is 0 Å². The minimum atomic E-state index is -0.186. The van der Waals surface area contributed by atoms with Gasteiger partial charge in [0.15, 0.2) is 0 Å². The third-order valence-corrected chi connectivity index (χ3v) is 2.91. The third kappa shape index (κ3) is 0.813. The molecule has 2 unspecified atom stereocenters. The normalized spacial score (nSPS) is 40.8. The Morgan fingerprint density at radius 1 is 1.25 bits per heavy atom. The average molecular weight is 168 g/mol. The van der Waals surface area contributed by atoms with Crippen LogP contribution in [0, 0.1) is 17.8 Å². The van der Waals surface area contributed by atoms with E-state index in [9.17, 15) is 9.59 Å². The monoisotopic (exact) mass is 168 g/mol. The molecule has 0 bridgehead atoms. The highest BCUT2D eigenvalue weighted by atomic mass is 16.2. The number of hydrogen-bond donors (Lipinski definition) is 1. The molecule has 1 aliphatic carbocycles. The second-order valence-electron chi connectivity index (χ2n) is 3.84. The molecule has 1 saturated carbocycles. The van der Waals surface area contributed by atoms with Gasteiger partial charge in [-0.25, -0.2) is 10.9 Å². The second kappa shape index (κ2) is 2.29. The fourth-order valence-corrected chi connectivity index (χ4v) is 2.30. The molecule has 0 aromatic carbocycles. The Bertz CT molecular complexity index is 227. The molecule has 4 nitrogen and oxygen atoms in total. The molecule has 2 aliphatic rings. The van der Waals surface area contributed by atoms with Crippen molar-refractivity contribution in [1.82, 2.24) is 5.01 Å². The lowest BCUT2D eigenvalue weighted by Crippen LogP contribution is -2.38. The number of imide groups is 1. The summed E-state index contributed by atoms with van der Waals surface area (Å²) in [5.41, 5.74) is 0. The number of nitrogens with two attached hydrogens (primary N) is 1. The largest absolute Gasteiger partial charge is 0.273 e. The summed E-state index contributed by atoms with van der Waals surface area (Å²) in [6.07, 6.45) is 1.64. The van der Waals surface area contributed by atoms with Crippen LogP contribution in [0.4, 0.5) is 0 Å². The summed E-state index contributed by atoms with van der Waals surface area (Å²) < 4.78 is 0. The first-order valence-corrected chi connectivity index (χ1v) is 4.23. The standard InChI is InChI=1S/C8H12N2O2/c1-4-2-5-6(3-4)8(12)10(9)7(5)11/h4-6H,2-3,9H2,1H3. The summed E-state index contributed by atoms with van der Waals surface area (Å²) in [5.74, 6) is 5.18. The average Bonchev–Trinajstić information content (AvgIpc) is 2.49. The molecule has 0 aromatic heterocycles. The Labute approximate surface area is 70.7 Å². The van der Waals surface area contributed by atoms with Gasteiger partial charge < -0.3 is 0 Å². The van der Waals surface area contributed by atoms with Crippen LogP contribution in [0.1, 0.15) is 19.8 Å². The summed E-state index contributed by atoms with van der Waals surface area (Å²) in [6.45, 7) is 2.07. The predicted octanol–water partition coefficient (Wildman–Crippen LogP) is -0.109. The van der Waals surface area contributed by atoms with E-state index in [1.807, 2.05) is 0 Å². The molecule has 2 atom stereocenters. The van der Waals surface area contributed by atoms with Crippen LogP contribution >= 0.6 is 0 Å². The molecule has 66 valence electrons. The quantitative estimate of drug-likeness (QED) is 0.312. The van der Waals surface area contributed by atoms with Gasteiger partial charge in [0, 0.05) is 0 Å². The highest BCUT2D eigenvalue weighted by molar-refractivity contribution is 6.04. The molecule has 12 heavy (non-hydrogen) atoms. The predicted molar refractivity (Wildman–Crippen MR) is 41.4 cm³/mol. The lowest BCUT2D eigenvalue weighted by atomic mass is 10.00. The van der Waals surface area contributed by atoms with E-state index in [1.165, 1.54) is 0 Å². The van der Waals surface area contributed by atoms with Crippen LogP contribution in [0.15, 0.2) is 0 Å². The Kier molecular flexibility index (Phi) is 1.48. The maximum Gasteiger partial charge on any atom is 0.247 e. The number of carbonyl (C=O) groups excluding carboxylic acids is 2. The molecule has 2 amide bonds. The van der Waals surface area contributed by atoms with Crippen molar-refractivity contribution in [2.75, 3.05) is 0 Å². The van der Waals surface area contributed by atoms with Gasteiger partial charge in [-0.1, -0.05) is 6.92 Å². The molecule has 1 saturated heterocycles. The minimum absolute atomic E-state index is 0.113. The van der Waals surface area contributed by atoms with Crippen molar-refractivity contribution < 1.29 is 9.59 Å².